The fourth-order valence-corrected chi connectivity index (χ4v) is 3.46. The van der Waals surface area contributed by atoms with Gasteiger partial charge in [0.1, 0.15) is 5.75 Å². The number of piperazine rings is 1. The summed E-state index contributed by atoms with van der Waals surface area (Å²) in [6, 6.07) is 8.98. The molecule has 0 aromatic heterocycles. The minimum Gasteiger partial charge on any atom is -0.410 e. The zero-order valence-electron chi connectivity index (χ0n) is 15.1. The van der Waals surface area contributed by atoms with Crippen LogP contribution in [-0.2, 0) is 9.59 Å². The number of ether oxygens (including phenoxy) is 1. The standard InChI is InChI=1S/C19H25N3O4/c1-15(23)20-9-7-16(8-10-20)18(24)21-11-13-22(14-12-21)19(25)26-17-5-3-2-4-6-17/h2-6,16H,7-14H2,1H3. The lowest BCUT2D eigenvalue weighted by Crippen LogP contribution is -2.53. The Labute approximate surface area is 153 Å². The van der Waals surface area contributed by atoms with Crippen LogP contribution in [0.25, 0.3) is 0 Å². The number of hydrogen-bond donors (Lipinski definition) is 0. The van der Waals surface area contributed by atoms with E-state index in [0.29, 0.717) is 57.9 Å². The molecule has 0 radical (unpaired) electrons. The lowest BCUT2D eigenvalue weighted by molar-refractivity contribution is -0.141. The number of piperidine rings is 1. The molecule has 7 nitrogen and oxygen atoms in total. The number of amides is 3. The van der Waals surface area contributed by atoms with Crippen molar-refractivity contribution in [2.24, 2.45) is 5.92 Å². The highest BCUT2D eigenvalue weighted by Crippen LogP contribution is 2.21. The van der Waals surface area contributed by atoms with Crippen molar-refractivity contribution >= 4 is 17.9 Å². The summed E-state index contributed by atoms with van der Waals surface area (Å²) >= 11 is 0. The van der Waals surface area contributed by atoms with E-state index in [1.807, 2.05) is 23.1 Å². The molecular formula is C19H25N3O4. The SMILES string of the molecule is CC(=O)N1CCC(C(=O)N2CCN(C(=O)Oc3ccccc3)CC2)CC1. The Morgan fingerprint density at radius 1 is 0.846 bits per heavy atom. The third kappa shape index (κ3) is 4.33. The molecule has 3 amide bonds. The molecule has 26 heavy (non-hydrogen) atoms. The third-order valence-electron chi connectivity index (χ3n) is 5.09. The van der Waals surface area contributed by atoms with Crippen LogP contribution >= 0.6 is 0 Å². The average Bonchev–Trinajstić information content (AvgIpc) is 2.68. The third-order valence-corrected chi connectivity index (χ3v) is 5.09. The Bertz CT molecular complexity index is 648. The Hall–Kier alpha value is -2.57. The molecule has 7 heteroatoms. The lowest BCUT2D eigenvalue weighted by atomic mass is 9.95. The van der Waals surface area contributed by atoms with Crippen molar-refractivity contribution in [3.8, 4) is 5.75 Å². The molecule has 0 atom stereocenters. The normalized spacial score (nSPS) is 18.6. The molecule has 1 aromatic rings. The summed E-state index contributed by atoms with van der Waals surface area (Å²) in [5.41, 5.74) is 0. The number of benzene rings is 1. The number of carbonyl (C=O) groups is 3. The largest absolute Gasteiger partial charge is 0.415 e. The summed E-state index contributed by atoms with van der Waals surface area (Å²) in [4.78, 5) is 41.5. The van der Waals surface area contributed by atoms with E-state index < -0.39 is 0 Å². The van der Waals surface area contributed by atoms with Crippen molar-refractivity contribution in [3.63, 3.8) is 0 Å². The minimum atomic E-state index is -0.377. The molecule has 2 aliphatic rings. The second-order valence-electron chi connectivity index (χ2n) is 6.77. The fourth-order valence-electron chi connectivity index (χ4n) is 3.46. The van der Waals surface area contributed by atoms with Crippen molar-refractivity contribution in [1.82, 2.24) is 14.7 Å². The van der Waals surface area contributed by atoms with Gasteiger partial charge >= 0.3 is 6.09 Å². The van der Waals surface area contributed by atoms with E-state index >= 15 is 0 Å². The van der Waals surface area contributed by atoms with Crippen molar-refractivity contribution in [1.29, 1.82) is 0 Å². The molecule has 2 aliphatic heterocycles. The molecule has 1 aromatic carbocycles. The van der Waals surface area contributed by atoms with Gasteiger partial charge in [0.25, 0.3) is 0 Å². The average molecular weight is 359 g/mol. The maximum absolute atomic E-state index is 12.7. The van der Waals surface area contributed by atoms with Crippen LogP contribution in [0.3, 0.4) is 0 Å². The monoisotopic (exact) mass is 359 g/mol. The summed E-state index contributed by atoms with van der Waals surface area (Å²) in [5.74, 6) is 0.715. The van der Waals surface area contributed by atoms with Gasteiger partial charge in [0.2, 0.25) is 11.8 Å². The van der Waals surface area contributed by atoms with Crippen LogP contribution in [0.2, 0.25) is 0 Å². The summed E-state index contributed by atoms with van der Waals surface area (Å²) in [7, 11) is 0. The van der Waals surface area contributed by atoms with Gasteiger partial charge in [-0.2, -0.15) is 0 Å². The molecule has 2 heterocycles. The van der Waals surface area contributed by atoms with Crippen LogP contribution < -0.4 is 4.74 Å². The highest BCUT2D eigenvalue weighted by molar-refractivity contribution is 5.80. The molecule has 0 bridgehead atoms. The lowest BCUT2D eigenvalue weighted by Gasteiger charge is -2.38. The van der Waals surface area contributed by atoms with Crippen molar-refractivity contribution < 1.29 is 19.1 Å². The number of rotatable bonds is 2. The molecule has 0 unspecified atom stereocenters. The molecule has 2 saturated heterocycles. The molecule has 2 fully saturated rings. The van der Waals surface area contributed by atoms with Gasteiger partial charge in [-0.05, 0) is 25.0 Å². The molecule has 3 rings (SSSR count). The molecule has 0 spiro atoms. The van der Waals surface area contributed by atoms with Crippen molar-refractivity contribution in [3.05, 3.63) is 30.3 Å². The second kappa shape index (κ2) is 8.21. The second-order valence-corrected chi connectivity index (χ2v) is 6.77. The van der Waals surface area contributed by atoms with Crippen LogP contribution in [-0.4, -0.2) is 71.9 Å². The van der Waals surface area contributed by atoms with Gasteiger partial charge in [-0.15, -0.1) is 0 Å². The highest BCUT2D eigenvalue weighted by atomic mass is 16.6. The van der Waals surface area contributed by atoms with Gasteiger partial charge in [-0.25, -0.2) is 4.79 Å². The number of hydrogen-bond acceptors (Lipinski definition) is 4. The molecular weight excluding hydrogens is 334 g/mol. The quantitative estimate of drug-likeness (QED) is 0.804. The van der Waals surface area contributed by atoms with Crippen LogP contribution in [0.1, 0.15) is 19.8 Å². The van der Waals surface area contributed by atoms with Crippen LogP contribution in [0.5, 0.6) is 5.75 Å². The first kappa shape index (κ1) is 18.2. The van der Waals surface area contributed by atoms with Gasteiger partial charge in [0.05, 0.1) is 0 Å². The van der Waals surface area contributed by atoms with Gasteiger partial charge in [-0.1, -0.05) is 18.2 Å². The van der Waals surface area contributed by atoms with E-state index in [1.54, 1.807) is 28.9 Å². The predicted molar refractivity (Wildman–Crippen MR) is 95.6 cm³/mol. The molecule has 0 aliphatic carbocycles. The van der Waals surface area contributed by atoms with Gasteiger partial charge in [0.15, 0.2) is 0 Å². The van der Waals surface area contributed by atoms with Crippen LogP contribution in [0.4, 0.5) is 4.79 Å². The summed E-state index contributed by atoms with van der Waals surface area (Å²) in [6.45, 7) is 4.86. The van der Waals surface area contributed by atoms with Crippen LogP contribution in [0, 0.1) is 5.92 Å². The predicted octanol–water partition coefficient (Wildman–Crippen LogP) is 1.59. The van der Waals surface area contributed by atoms with Gasteiger partial charge in [0, 0.05) is 52.1 Å². The number of carbonyl (C=O) groups excluding carboxylic acids is 3. The Morgan fingerprint density at radius 2 is 1.42 bits per heavy atom. The zero-order valence-corrected chi connectivity index (χ0v) is 15.1. The molecule has 0 N–H and O–H groups in total. The van der Waals surface area contributed by atoms with Crippen LogP contribution in [0.15, 0.2) is 30.3 Å². The summed E-state index contributed by atoms with van der Waals surface area (Å²) < 4.78 is 5.35. The number of likely N-dealkylation sites (tertiary alicyclic amines) is 1. The maximum Gasteiger partial charge on any atom is 0.415 e. The number of nitrogens with zero attached hydrogens (tertiary/aromatic N) is 3. The van der Waals surface area contributed by atoms with Gasteiger partial charge < -0.3 is 19.4 Å². The van der Waals surface area contributed by atoms with E-state index in [1.165, 1.54) is 0 Å². The smallest absolute Gasteiger partial charge is 0.410 e. The van der Waals surface area contributed by atoms with E-state index in [4.69, 9.17) is 4.74 Å². The van der Waals surface area contributed by atoms with Crippen molar-refractivity contribution in [2.75, 3.05) is 39.3 Å². The summed E-state index contributed by atoms with van der Waals surface area (Å²) in [6.07, 6.45) is 1.06. The van der Waals surface area contributed by atoms with Crippen molar-refractivity contribution in [2.45, 2.75) is 19.8 Å². The Kier molecular flexibility index (Phi) is 5.75. The maximum atomic E-state index is 12.7. The topological polar surface area (TPSA) is 70.2 Å². The first-order valence-electron chi connectivity index (χ1n) is 9.10. The summed E-state index contributed by atoms with van der Waals surface area (Å²) in [5, 5.41) is 0. The Balaban J connectivity index is 1.45. The van der Waals surface area contributed by atoms with E-state index in [0.717, 1.165) is 0 Å². The van der Waals surface area contributed by atoms with E-state index in [-0.39, 0.29) is 23.8 Å². The highest BCUT2D eigenvalue weighted by Gasteiger charge is 2.32. The van der Waals surface area contributed by atoms with E-state index in [9.17, 15) is 14.4 Å². The van der Waals surface area contributed by atoms with E-state index in [2.05, 4.69) is 0 Å². The first-order chi connectivity index (χ1) is 12.5. The van der Waals surface area contributed by atoms with Gasteiger partial charge in [-0.3, -0.25) is 9.59 Å². The molecule has 140 valence electrons. The first-order valence-corrected chi connectivity index (χ1v) is 9.10. The Morgan fingerprint density at radius 3 is 2.00 bits per heavy atom. The fraction of sp³-hybridized carbons (Fsp3) is 0.526. The minimum absolute atomic E-state index is 0.0200. The zero-order chi connectivity index (χ0) is 18.5. The number of para-hydroxylation sites is 1. The molecule has 0 saturated carbocycles.